The van der Waals surface area contributed by atoms with Crippen LogP contribution in [-0.4, -0.2) is 30.5 Å². The molecule has 0 saturated carbocycles. The van der Waals surface area contributed by atoms with Crippen LogP contribution in [0.3, 0.4) is 0 Å². The van der Waals surface area contributed by atoms with Gasteiger partial charge in [-0.15, -0.1) is 0 Å². The average Bonchev–Trinajstić information content (AvgIpc) is 2.71. The highest BCUT2D eigenvalue weighted by Gasteiger charge is 2.30. The Morgan fingerprint density at radius 2 is 1.95 bits per heavy atom. The van der Waals surface area contributed by atoms with Crippen LogP contribution in [0, 0.1) is 11.3 Å². The van der Waals surface area contributed by atoms with Crippen molar-refractivity contribution in [3.05, 3.63) is 52.9 Å². The van der Waals surface area contributed by atoms with Crippen LogP contribution < -0.4 is 0 Å². The van der Waals surface area contributed by atoms with Crippen LogP contribution in [0.25, 0.3) is 5.57 Å². The van der Waals surface area contributed by atoms with Crippen molar-refractivity contribution < 1.29 is 4.79 Å². The summed E-state index contributed by atoms with van der Waals surface area (Å²) in [5, 5.41) is 9.37. The number of Topliss-reactive ketones (excluding diaryl/α,β-unsaturated/α-hetero) is 1. The summed E-state index contributed by atoms with van der Waals surface area (Å²) in [7, 11) is 3.75. The summed E-state index contributed by atoms with van der Waals surface area (Å²) in [4.78, 5) is 18.8. The Bertz CT molecular complexity index is 760. The smallest absolute Gasteiger partial charge is 0.212 e. The summed E-state index contributed by atoms with van der Waals surface area (Å²) in [5.74, 6) is -0.0756. The van der Waals surface area contributed by atoms with Gasteiger partial charge in [-0.05, 0) is 24.0 Å². The molecule has 1 aromatic carbocycles. The van der Waals surface area contributed by atoms with Gasteiger partial charge in [-0.1, -0.05) is 30.3 Å². The predicted octanol–water partition coefficient (Wildman–Crippen LogP) is 2.80. The van der Waals surface area contributed by atoms with Crippen molar-refractivity contribution in [3.63, 3.8) is 0 Å². The molecule has 0 bridgehead atoms. The fourth-order valence-corrected chi connectivity index (χ4v) is 2.80. The number of allylic oxidation sites excluding steroid dienone is 4. The van der Waals surface area contributed by atoms with Crippen molar-refractivity contribution in [2.45, 2.75) is 12.8 Å². The zero-order chi connectivity index (χ0) is 15.0. The SMILES string of the molecule is CN(C)C1=CCCC2=C(N=C1C#N)C(=O)c1ccccc12. The van der Waals surface area contributed by atoms with Crippen LogP contribution in [0.5, 0.6) is 0 Å². The zero-order valence-corrected chi connectivity index (χ0v) is 12.1. The summed E-state index contributed by atoms with van der Waals surface area (Å²) < 4.78 is 0. The van der Waals surface area contributed by atoms with E-state index in [0.717, 1.165) is 29.7 Å². The predicted molar refractivity (Wildman–Crippen MR) is 81.7 cm³/mol. The fraction of sp³-hybridized carbons (Fsp3) is 0.235. The van der Waals surface area contributed by atoms with E-state index in [9.17, 15) is 10.1 Å². The van der Waals surface area contributed by atoms with Gasteiger partial charge in [0.15, 0.2) is 5.71 Å². The Labute approximate surface area is 123 Å². The lowest BCUT2D eigenvalue weighted by atomic mass is 10.0. The molecule has 3 rings (SSSR count). The Morgan fingerprint density at radius 3 is 2.62 bits per heavy atom. The molecule has 1 aliphatic heterocycles. The quantitative estimate of drug-likeness (QED) is 0.793. The number of aliphatic imine (C=N–C) groups is 1. The molecule has 0 aromatic heterocycles. The summed E-state index contributed by atoms with van der Waals surface area (Å²) >= 11 is 0. The number of carbonyl (C=O) groups is 1. The summed E-state index contributed by atoms with van der Waals surface area (Å²) in [6.45, 7) is 0. The van der Waals surface area contributed by atoms with E-state index in [1.54, 1.807) is 0 Å². The van der Waals surface area contributed by atoms with E-state index in [-0.39, 0.29) is 5.78 Å². The molecule has 0 saturated heterocycles. The molecule has 0 fully saturated rings. The van der Waals surface area contributed by atoms with Crippen molar-refractivity contribution in [2.24, 2.45) is 4.99 Å². The van der Waals surface area contributed by atoms with Crippen LogP contribution in [0.15, 0.2) is 46.7 Å². The second-order valence-electron chi connectivity index (χ2n) is 5.30. The number of rotatable bonds is 1. The van der Waals surface area contributed by atoms with Crippen molar-refractivity contribution in [1.29, 1.82) is 5.26 Å². The molecule has 4 heteroatoms. The summed E-state index contributed by atoms with van der Waals surface area (Å²) in [6, 6.07) is 9.68. The van der Waals surface area contributed by atoms with Gasteiger partial charge in [-0.2, -0.15) is 5.26 Å². The fourth-order valence-electron chi connectivity index (χ4n) is 2.80. The maximum atomic E-state index is 12.5. The van der Waals surface area contributed by atoms with E-state index in [1.165, 1.54) is 0 Å². The Balaban J connectivity index is 2.17. The van der Waals surface area contributed by atoms with Crippen LogP contribution in [0.2, 0.25) is 0 Å². The van der Waals surface area contributed by atoms with E-state index in [0.29, 0.717) is 17.0 Å². The third kappa shape index (κ3) is 2.07. The standard InChI is InChI=1S/C17H15N3O/c1-20(2)15-9-5-8-12-11-6-3-4-7-13(11)17(21)16(12)19-14(15)10-18/h3-4,6-7,9H,5,8H2,1-2H3. The molecule has 0 amide bonds. The Hall–Kier alpha value is -2.67. The van der Waals surface area contributed by atoms with Crippen molar-refractivity contribution in [3.8, 4) is 6.07 Å². The molecule has 0 atom stereocenters. The number of nitrogens with zero attached hydrogens (tertiary/aromatic N) is 3. The molecule has 0 N–H and O–H groups in total. The molecular formula is C17H15N3O. The molecule has 0 unspecified atom stereocenters. The number of fused-ring (bicyclic) bond motifs is 2. The van der Waals surface area contributed by atoms with Gasteiger partial charge < -0.3 is 4.90 Å². The summed E-state index contributed by atoms with van der Waals surface area (Å²) in [6.07, 6.45) is 3.56. The van der Waals surface area contributed by atoms with Gasteiger partial charge in [0.25, 0.3) is 0 Å². The van der Waals surface area contributed by atoms with E-state index in [1.807, 2.05) is 49.3 Å². The molecule has 0 spiro atoms. The largest absolute Gasteiger partial charge is 0.376 e. The molecule has 104 valence electrons. The monoisotopic (exact) mass is 277 g/mol. The first-order valence-corrected chi connectivity index (χ1v) is 6.87. The highest BCUT2D eigenvalue weighted by atomic mass is 16.1. The minimum atomic E-state index is -0.0756. The minimum Gasteiger partial charge on any atom is -0.376 e. The first-order valence-electron chi connectivity index (χ1n) is 6.87. The van der Waals surface area contributed by atoms with Gasteiger partial charge in [-0.3, -0.25) is 4.79 Å². The normalized spacial score (nSPS) is 17.1. The van der Waals surface area contributed by atoms with Gasteiger partial charge in [0.1, 0.15) is 11.8 Å². The molecule has 2 aliphatic rings. The second kappa shape index (κ2) is 5.02. The Morgan fingerprint density at radius 1 is 1.24 bits per heavy atom. The molecule has 21 heavy (non-hydrogen) atoms. The molecule has 1 aliphatic carbocycles. The van der Waals surface area contributed by atoms with E-state index < -0.39 is 0 Å². The first-order chi connectivity index (χ1) is 10.1. The lowest BCUT2D eigenvalue weighted by Crippen LogP contribution is -2.19. The van der Waals surface area contributed by atoms with Gasteiger partial charge in [-0.25, -0.2) is 4.99 Å². The zero-order valence-electron chi connectivity index (χ0n) is 12.1. The highest BCUT2D eigenvalue weighted by molar-refractivity contribution is 6.23. The number of nitriles is 1. The third-order valence-corrected chi connectivity index (χ3v) is 3.78. The first kappa shape index (κ1) is 13.3. The molecule has 1 heterocycles. The van der Waals surface area contributed by atoms with Crippen LogP contribution in [0.1, 0.15) is 28.8 Å². The molecular weight excluding hydrogens is 262 g/mol. The van der Waals surface area contributed by atoms with E-state index in [2.05, 4.69) is 11.1 Å². The van der Waals surface area contributed by atoms with E-state index in [4.69, 9.17) is 0 Å². The lowest BCUT2D eigenvalue weighted by Gasteiger charge is -2.17. The maximum absolute atomic E-state index is 12.5. The lowest BCUT2D eigenvalue weighted by molar-refractivity contribution is 0.103. The second-order valence-corrected chi connectivity index (χ2v) is 5.30. The third-order valence-electron chi connectivity index (χ3n) is 3.78. The van der Waals surface area contributed by atoms with Crippen LogP contribution in [-0.2, 0) is 0 Å². The van der Waals surface area contributed by atoms with Crippen molar-refractivity contribution in [2.75, 3.05) is 14.1 Å². The number of carbonyl (C=O) groups excluding carboxylic acids is 1. The number of hydrogen-bond donors (Lipinski definition) is 0. The van der Waals surface area contributed by atoms with Gasteiger partial charge in [0.05, 0.1) is 5.70 Å². The number of ketones is 1. The Kier molecular flexibility index (Phi) is 3.19. The van der Waals surface area contributed by atoms with E-state index >= 15 is 0 Å². The molecule has 0 radical (unpaired) electrons. The van der Waals surface area contributed by atoms with Gasteiger partial charge in [0, 0.05) is 19.7 Å². The number of hydrogen-bond acceptors (Lipinski definition) is 4. The molecule has 4 nitrogen and oxygen atoms in total. The molecule has 1 aromatic rings. The topological polar surface area (TPSA) is 56.5 Å². The van der Waals surface area contributed by atoms with Crippen LogP contribution >= 0.6 is 0 Å². The van der Waals surface area contributed by atoms with Gasteiger partial charge in [0.2, 0.25) is 5.78 Å². The van der Waals surface area contributed by atoms with Crippen molar-refractivity contribution >= 4 is 17.1 Å². The highest BCUT2D eigenvalue weighted by Crippen LogP contribution is 2.37. The van der Waals surface area contributed by atoms with Gasteiger partial charge >= 0.3 is 0 Å². The van der Waals surface area contributed by atoms with Crippen LogP contribution in [0.4, 0.5) is 0 Å². The average molecular weight is 277 g/mol. The maximum Gasteiger partial charge on any atom is 0.212 e. The minimum absolute atomic E-state index is 0.0756. The number of benzene rings is 1. The summed E-state index contributed by atoms with van der Waals surface area (Å²) in [5.41, 5.74) is 4.11. The van der Waals surface area contributed by atoms with Crippen molar-refractivity contribution in [1.82, 2.24) is 4.90 Å².